The van der Waals surface area contributed by atoms with E-state index in [1.807, 2.05) is 25.1 Å². The van der Waals surface area contributed by atoms with Gasteiger partial charge in [0.2, 0.25) is 12.7 Å². The van der Waals surface area contributed by atoms with Crippen molar-refractivity contribution in [2.75, 3.05) is 13.3 Å². The number of nitrogens with two attached hydrogens (primary N) is 1. The fourth-order valence-corrected chi connectivity index (χ4v) is 2.70. The van der Waals surface area contributed by atoms with Gasteiger partial charge in [0, 0.05) is 12.1 Å². The first kappa shape index (κ1) is 15.6. The number of amides is 1. The summed E-state index contributed by atoms with van der Waals surface area (Å²) in [7, 11) is 0. The van der Waals surface area contributed by atoms with Crippen molar-refractivity contribution in [3.63, 3.8) is 0 Å². The van der Waals surface area contributed by atoms with E-state index in [4.69, 9.17) is 15.2 Å². The second-order valence-corrected chi connectivity index (χ2v) is 6.28. The summed E-state index contributed by atoms with van der Waals surface area (Å²) in [4.78, 5) is 12.2. The lowest BCUT2D eigenvalue weighted by Gasteiger charge is -2.31. The quantitative estimate of drug-likeness (QED) is 0.839. The molecule has 0 bridgehead atoms. The van der Waals surface area contributed by atoms with Gasteiger partial charge in [-0.05, 0) is 37.0 Å². The molecule has 5 nitrogen and oxygen atoms in total. The maximum Gasteiger partial charge on any atom is 0.231 e. The zero-order valence-electron chi connectivity index (χ0n) is 12.9. The third kappa shape index (κ3) is 4.11. The fraction of sp³-hybridized carbons (Fsp3) is 0.562. The molecule has 0 aromatic heterocycles. The number of hydrogen-bond donors (Lipinski definition) is 2. The summed E-state index contributed by atoms with van der Waals surface area (Å²) < 4.78 is 10.6. The van der Waals surface area contributed by atoms with Gasteiger partial charge in [0.25, 0.3) is 0 Å². The molecule has 1 amide bonds. The Morgan fingerprint density at radius 2 is 2.10 bits per heavy atom. The Morgan fingerprint density at radius 3 is 2.76 bits per heavy atom. The number of carbonyl (C=O) groups excluding carboxylic acids is 1. The molecule has 1 aliphatic heterocycles. The molecule has 0 radical (unpaired) electrons. The standard InChI is InChI=1S/C16H24N2O3/c1-11(2)8-16(3,9-17)18-15(19)7-12-4-5-13-14(6-12)21-10-20-13/h4-6,11H,7-10,17H2,1-3H3,(H,18,19). The Labute approximate surface area is 125 Å². The second-order valence-electron chi connectivity index (χ2n) is 6.28. The molecule has 1 unspecified atom stereocenters. The minimum atomic E-state index is -0.360. The number of rotatable bonds is 6. The van der Waals surface area contributed by atoms with Crippen LogP contribution in [0.4, 0.5) is 0 Å². The Hall–Kier alpha value is -1.75. The van der Waals surface area contributed by atoms with Crippen LogP contribution in [0, 0.1) is 5.92 Å². The first-order valence-electron chi connectivity index (χ1n) is 7.31. The van der Waals surface area contributed by atoms with E-state index in [1.54, 1.807) is 0 Å². The van der Waals surface area contributed by atoms with Crippen LogP contribution in [0.15, 0.2) is 18.2 Å². The zero-order valence-corrected chi connectivity index (χ0v) is 12.9. The highest BCUT2D eigenvalue weighted by Gasteiger charge is 2.26. The third-order valence-corrected chi connectivity index (χ3v) is 3.55. The van der Waals surface area contributed by atoms with Gasteiger partial charge in [0.05, 0.1) is 6.42 Å². The molecule has 116 valence electrons. The summed E-state index contributed by atoms with van der Waals surface area (Å²) >= 11 is 0. The van der Waals surface area contributed by atoms with Crippen molar-refractivity contribution in [1.29, 1.82) is 0 Å². The van der Waals surface area contributed by atoms with Crippen LogP contribution in [-0.4, -0.2) is 24.8 Å². The molecule has 5 heteroatoms. The largest absolute Gasteiger partial charge is 0.454 e. The predicted octanol–water partition coefficient (Wildman–Crippen LogP) is 1.84. The molecule has 1 aromatic rings. The Morgan fingerprint density at radius 1 is 1.38 bits per heavy atom. The Balaban J connectivity index is 1.98. The maximum absolute atomic E-state index is 12.2. The van der Waals surface area contributed by atoms with Crippen LogP contribution in [0.25, 0.3) is 0 Å². The van der Waals surface area contributed by atoms with Crippen LogP contribution < -0.4 is 20.5 Å². The van der Waals surface area contributed by atoms with Gasteiger partial charge in [-0.3, -0.25) is 4.79 Å². The van der Waals surface area contributed by atoms with Crippen molar-refractivity contribution in [2.24, 2.45) is 11.7 Å². The molecular formula is C16H24N2O3. The van der Waals surface area contributed by atoms with Gasteiger partial charge in [-0.2, -0.15) is 0 Å². The first-order chi connectivity index (χ1) is 9.92. The van der Waals surface area contributed by atoms with E-state index >= 15 is 0 Å². The normalized spacial score (nSPS) is 15.9. The minimum absolute atomic E-state index is 0.0255. The highest BCUT2D eigenvalue weighted by Crippen LogP contribution is 2.32. The smallest absolute Gasteiger partial charge is 0.231 e. The van der Waals surface area contributed by atoms with Crippen LogP contribution >= 0.6 is 0 Å². The van der Waals surface area contributed by atoms with Crippen LogP contribution in [0.2, 0.25) is 0 Å². The van der Waals surface area contributed by atoms with Gasteiger partial charge < -0.3 is 20.5 Å². The SMILES string of the molecule is CC(C)CC(C)(CN)NC(=O)Cc1ccc2c(c1)OCO2. The average Bonchev–Trinajstić information content (AvgIpc) is 2.84. The number of nitrogens with one attached hydrogen (secondary N) is 1. The highest BCUT2D eigenvalue weighted by atomic mass is 16.7. The van der Waals surface area contributed by atoms with Gasteiger partial charge in [-0.25, -0.2) is 0 Å². The Kier molecular flexibility index (Phi) is 4.73. The number of carbonyl (C=O) groups is 1. The molecule has 1 aromatic carbocycles. The van der Waals surface area contributed by atoms with E-state index in [9.17, 15) is 4.79 Å². The Bertz CT molecular complexity index is 516. The molecule has 0 aliphatic carbocycles. The number of ether oxygens (including phenoxy) is 2. The number of benzene rings is 1. The molecule has 0 spiro atoms. The topological polar surface area (TPSA) is 73.6 Å². The summed E-state index contributed by atoms with van der Waals surface area (Å²) in [5, 5.41) is 3.05. The summed E-state index contributed by atoms with van der Waals surface area (Å²) in [5.41, 5.74) is 6.36. The van der Waals surface area contributed by atoms with Gasteiger partial charge in [0.1, 0.15) is 0 Å². The van der Waals surface area contributed by atoms with Crippen LogP contribution in [0.1, 0.15) is 32.8 Å². The van der Waals surface area contributed by atoms with E-state index in [-0.39, 0.29) is 18.2 Å². The van der Waals surface area contributed by atoms with Crippen LogP contribution in [0.5, 0.6) is 11.5 Å². The minimum Gasteiger partial charge on any atom is -0.454 e. The van der Waals surface area contributed by atoms with Crippen molar-refractivity contribution >= 4 is 5.91 Å². The third-order valence-electron chi connectivity index (χ3n) is 3.55. The molecule has 1 atom stereocenters. The predicted molar refractivity (Wildman–Crippen MR) is 81.3 cm³/mol. The van der Waals surface area contributed by atoms with Crippen molar-refractivity contribution < 1.29 is 14.3 Å². The van der Waals surface area contributed by atoms with Gasteiger partial charge in [-0.15, -0.1) is 0 Å². The van der Waals surface area contributed by atoms with Gasteiger partial charge >= 0.3 is 0 Å². The lowest BCUT2D eigenvalue weighted by Crippen LogP contribution is -2.52. The molecular weight excluding hydrogens is 268 g/mol. The summed E-state index contributed by atoms with van der Waals surface area (Å²) in [5.74, 6) is 1.88. The van der Waals surface area contributed by atoms with Gasteiger partial charge in [-0.1, -0.05) is 19.9 Å². The molecule has 0 fully saturated rings. The van der Waals surface area contributed by atoms with E-state index < -0.39 is 0 Å². The van der Waals surface area contributed by atoms with E-state index in [0.29, 0.717) is 24.6 Å². The fourth-order valence-electron chi connectivity index (χ4n) is 2.70. The number of hydrogen-bond acceptors (Lipinski definition) is 4. The van der Waals surface area contributed by atoms with Gasteiger partial charge in [0.15, 0.2) is 11.5 Å². The van der Waals surface area contributed by atoms with Crippen molar-refractivity contribution in [2.45, 2.75) is 39.2 Å². The molecule has 1 aliphatic rings. The molecule has 0 saturated heterocycles. The van der Waals surface area contributed by atoms with E-state index in [1.165, 1.54) is 0 Å². The lowest BCUT2D eigenvalue weighted by molar-refractivity contribution is -0.122. The van der Waals surface area contributed by atoms with Crippen molar-refractivity contribution in [1.82, 2.24) is 5.32 Å². The first-order valence-corrected chi connectivity index (χ1v) is 7.31. The molecule has 2 rings (SSSR count). The van der Waals surface area contributed by atoms with Crippen molar-refractivity contribution in [3.05, 3.63) is 23.8 Å². The average molecular weight is 292 g/mol. The summed E-state index contributed by atoms with van der Waals surface area (Å²) in [6, 6.07) is 5.57. The summed E-state index contributed by atoms with van der Waals surface area (Å²) in [6.45, 7) is 6.91. The van der Waals surface area contributed by atoms with E-state index in [0.717, 1.165) is 17.7 Å². The van der Waals surface area contributed by atoms with Crippen LogP contribution in [0.3, 0.4) is 0 Å². The molecule has 1 heterocycles. The van der Waals surface area contributed by atoms with Crippen molar-refractivity contribution in [3.8, 4) is 11.5 Å². The highest BCUT2D eigenvalue weighted by molar-refractivity contribution is 5.79. The second kappa shape index (κ2) is 6.35. The zero-order chi connectivity index (χ0) is 15.5. The lowest BCUT2D eigenvalue weighted by atomic mass is 9.90. The van der Waals surface area contributed by atoms with E-state index in [2.05, 4.69) is 19.2 Å². The molecule has 3 N–H and O–H groups in total. The maximum atomic E-state index is 12.2. The molecule has 21 heavy (non-hydrogen) atoms. The van der Waals surface area contributed by atoms with Crippen LogP contribution in [-0.2, 0) is 11.2 Å². The summed E-state index contributed by atoms with van der Waals surface area (Å²) in [6.07, 6.45) is 1.17. The monoisotopic (exact) mass is 292 g/mol. The molecule has 0 saturated carbocycles. The number of fused-ring (bicyclic) bond motifs is 1.